The van der Waals surface area contributed by atoms with E-state index in [1.54, 1.807) is 0 Å². The molecule has 4 rings (SSSR count). The Labute approximate surface area is 186 Å². The Morgan fingerprint density at radius 1 is 1.10 bits per heavy atom. The number of aromatic amines is 1. The molecule has 0 atom stereocenters. The van der Waals surface area contributed by atoms with Crippen LogP contribution in [0.25, 0.3) is 10.9 Å². The summed E-state index contributed by atoms with van der Waals surface area (Å²) in [5.74, 6) is -0.885. The minimum atomic E-state index is -0.885. The van der Waals surface area contributed by atoms with Gasteiger partial charge in [-0.3, -0.25) is 0 Å². The van der Waals surface area contributed by atoms with Crippen molar-refractivity contribution in [3.63, 3.8) is 0 Å². The van der Waals surface area contributed by atoms with E-state index in [1.807, 2.05) is 56.4 Å². The van der Waals surface area contributed by atoms with Crippen molar-refractivity contribution in [2.45, 2.75) is 33.4 Å². The zero-order valence-electron chi connectivity index (χ0n) is 17.7. The number of hydrogen-bond donors (Lipinski definition) is 3. The molecule has 0 spiro atoms. The highest BCUT2D eigenvalue weighted by atomic mass is 35.5. The molecule has 0 saturated heterocycles. The maximum absolute atomic E-state index is 12.0. The standard InChI is InChI=1S/C25H26ClN3O2/c1-16-22(14-27-12-11-19-13-28-23-6-4-3-5-21(19)23)24(25(30)31)17(2)29(16)15-18-7-9-20(26)10-8-18/h3-10,13,27-28H,11-12,14-15H2,1-2H3,(H,30,31). The van der Waals surface area contributed by atoms with Gasteiger partial charge in [-0.05, 0) is 56.1 Å². The van der Waals surface area contributed by atoms with Crippen LogP contribution in [0.5, 0.6) is 0 Å². The molecule has 0 saturated carbocycles. The second kappa shape index (κ2) is 9.00. The maximum atomic E-state index is 12.0. The van der Waals surface area contributed by atoms with Crippen molar-refractivity contribution in [1.82, 2.24) is 14.9 Å². The van der Waals surface area contributed by atoms with Crippen LogP contribution in [0.1, 0.15) is 38.4 Å². The summed E-state index contributed by atoms with van der Waals surface area (Å²) < 4.78 is 2.07. The number of aromatic carboxylic acids is 1. The third kappa shape index (κ3) is 4.38. The van der Waals surface area contributed by atoms with Crippen molar-refractivity contribution < 1.29 is 9.90 Å². The van der Waals surface area contributed by atoms with Gasteiger partial charge >= 0.3 is 5.97 Å². The molecule has 0 unspecified atom stereocenters. The average molecular weight is 436 g/mol. The first kappa shape index (κ1) is 21.2. The van der Waals surface area contributed by atoms with Crippen LogP contribution < -0.4 is 5.32 Å². The zero-order valence-corrected chi connectivity index (χ0v) is 18.5. The quantitative estimate of drug-likeness (QED) is 0.328. The lowest BCUT2D eigenvalue weighted by atomic mass is 10.1. The largest absolute Gasteiger partial charge is 0.478 e. The third-order valence-electron chi connectivity index (χ3n) is 5.93. The van der Waals surface area contributed by atoms with E-state index in [0.29, 0.717) is 23.7 Å². The predicted molar refractivity (Wildman–Crippen MR) is 125 cm³/mol. The summed E-state index contributed by atoms with van der Waals surface area (Å²) in [5.41, 5.74) is 6.47. The van der Waals surface area contributed by atoms with Gasteiger partial charge < -0.3 is 20.0 Å². The second-order valence-corrected chi connectivity index (χ2v) is 8.26. The van der Waals surface area contributed by atoms with E-state index in [-0.39, 0.29) is 0 Å². The van der Waals surface area contributed by atoms with E-state index in [9.17, 15) is 9.90 Å². The smallest absolute Gasteiger partial charge is 0.337 e. The first-order valence-electron chi connectivity index (χ1n) is 10.4. The number of carboxylic acid groups (broad SMARTS) is 1. The Hall–Kier alpha value is -3.02. The highest BCUT2D eigenvalue weighted by Gasteiger charge is 2.22. The van der Waals surface area contributed by atoms with Crippen LogP contribution in [0.15, 0.2) is 54.7 Å². The Morgan fingerprint density at radius 3 is 2.58 bits per heavy atom. The Bertz CT molecular complexity index is 1220. The van der Waals surface area contributed by atoms with Gasteiger partial charge in [0.25, 0.3) is 0 Å². The maximum Gasteiger partial charge on any atom is 0.337 e. The topological polar surface area (TPSA) is 70.1 Å². The SMILES string of the molecule is Cc1c(CNCCc2c[nH]c3ccccc23)c(C(=O)O)c(C)n1Cc1ccc(Cl)cc1. The number of benzene rings is 2. The summed E-state index contributed by atoms with van der Waals surface area (Å²) in [4.78, 5) is 15.3. The molecule has 0 amide bonds. The minimum Gasteiger partial charge on any atom is -0.478 e. The van der Waals surface area contributed by atoms with E-state index in [0.717, 1.165) is 41.0 Å². The molecule has 2 aromatic heterocycles. The van der Waals surface area contributed by atoms with E-state index < -0.39 is 5.97 Å². The van der Waals surface area contributed by atoms with Gasteiger partial charge in [-0.25, -0.2) is 4.79 Å². The number of hydrogen-bond acceptors (Lipinski definition) is 2. The summed E-state index contributed by atoms with van der Waals surface area (Å²) in [5, 5.41) is 15.2. The number of carboxylic acids is 1. The Morgan fingerprint density at radius 2 is 1.84 bits per heavy atom. The third-order valence-corrected chi connectivity index (χ3v) is 6.18. The van der Waals surface area contributed by atoms with Crippen LogP contribution in [-0.2, 0) is 19.5 Å². The summed E-state index contributed by atoms with van der Waals surface area (Å²) in [6.07, 6.45) is 2.92. The van der Waals surface area contributed by atoms with Gasteiger partial charge in [-0.15, -0.1) is 0 Å². The molecule has 0 bridgehead atoms. The predicted octanol–water partition coefficient (Wildman–Crippen LogP) is 5.32. The van der Waals surface area contributed by atoms with Crippen LogP contribution in [0.4, 0.5) is 0 Å². The minimum absolute atomic E-state index is 0.394. The molecule has 0 aliphatic heterocycles. The fourth-order valence-corrected chi connectivity index (χ4v) is 4.36. The van der Waals surface area contributed by atoms with E-state index >= 15 is 0 Å². The van der Waals surface area contributed by atoms with Crippen molar-refractivity contribution in [3.8, 4) is 0 Å². The molecule has 0 radical (unpaired) electrons. The molecule has 0 aliphatic rings. The van der Waals surface area contributed by atoms with Crippen LogP contribution in [0.2, 0.25) is 5.02 Å². The van der Waals surface area contributed by atoms with Crippen molar-refractivity contribution in [1.29, 1.82) is 0 Å². The zero-order chi connectivity index (χ0) is 22.0. The molecular formula is C25H26ClN3O2. The molecule has 31 heavy (non-hydrogen) atoms. The molecule has 160 valence electrons. The van der Waals surface area contributed by atoms with Crippen molar-refractivity contribution in [2.75, 3.05) is 6.54 Å². The van der Waals surface area contributed by atoms with Gasteiger partial charge in [0.2, 0.25) is 0 Å². The Kier molecular flexibility index (Phi) is 6.16. The van der Waals surface area contributed by atoms with Gasteiger partial charge in [0, 0.05) is 52.2 Å². The molecule has 0 fully saturated rings. The molecule has 2 aromatic carbocycles. The highest BCUT2D eigenvalue weighted by molar-refractivity contribution is 6.30. The van der Waals surface area contributed by atoms with Gasteiger partial charge in [-0.1, -0.05) is 41.9 Å². The molecular weight excluding hydrogens is 410 g/mol. The fraction of sp³-hybridized carbons (Fsp3) is 0.240. The van der Waals surface area contributed by atoms with Gasteiger partial charge in [0.15, 0.2) is 0 Å². The first-order valence-corrected chi connectivity index (χ1v) is 10.8. The second-order valence-electron chi connectivity index (χ2n) is 7.83. The van der Waals surface area contributed by atoms with Gasteiger partial charge in [0.1, 0.15) is 0 Å². The molecule has 5 nitrogen and oxygen atoms in total. The average Bonchev–Trinajstić information content (AvgIpc) is 3.27. The Balaban J connectivity index is 1.49. The van der Waals surface area contributed by atoms with Crippen LogP contribution >= 0.6 is 11.6 Å². The van der Waals surface area contributed by atoms with E-state index in [2.05, 4.69) is 27.0 Å². The highest BCUT2D eigenvalue weighted by Crippen LogP contribution is 2.24. The van der Waals surface area contributed by atoms with Crippen LogP contribution in [0, 0.1) is 13.8 Å². The van der Waals surface area contributed by atoms with E-state index in [1.165, 1.54) is 10.9 Å². The normalized spacial score (nSPS) is 11.3. The number of aromatic nitrogens is 2. The number of H-pyrrole nitrogens is 1. The van der Waals surface area contributed by atoms with Crippen LogP contribution in [-0.4, -0.2) is 27.2 Å². The monoisotopic (exact) mass is 435 g/mol. The van der Waals surface area contributed by atoms with Gasteiger partial charge in [0.05, 0.1) is 5.56 Å². The molecule has 6 heteroatoms. The number of carbonyl (C=O) groups is 1. The number of halogens is 1. The lowest BCUT2D eigenvalue weighted by Gasteiger charge is -2.10. The van der Waals surface area contributed by atoms with Crippen molar-refractivity contribution in [2.24, 2.45) is 0 Å². The van der Waals surface area contributed by atoms with Crippen molar-refractivity contribution in [3.05, 3.63) is 93.4 Å². The fourth-order valence-electron chi connectivity index (χ4n) is 4.23. The summed E-state index contributed by atoms with van der Waals surface area (Å²) in [6, 6.07) is 15.9. The summed E-state index contributed by atoms with van der Waals surface area (Å²) in [7, 11) is 0. The number of fused-ring (bicyclic) bond motifs is 1. The number of rotatable bonds is 8. The number of para-hydroxylation sites is 1. The molecule has 0 aliphatic carbocycles. The lowest BCUT2D eigenvalue weighted by molar-refractivity contribution is 0.0694. The van der Waals surface area contributed by atoms with Crippen LogP contribution in [0.3, 0.4) is 0 Å². The molecule has 4 aromatic rings. The number of nitrogens with one attached hydrogen (secondary N) is 2. The lowest BCUT2D eigenvalue weighted by Crippen LogP contribution is -2.18. The number of nitrogens with zero attached hydrogens (tertiary/aromatic N) is 1. The summed E-state index contributed by atoms with van der Waals surface area (Å²) >= 11 is 5.99. The van der Waals surface area contributed by atoms with Gasteiger partial charge in [-0.2, -0.15) is 0 Å². The van der Waals surface area contributed by atoms with Crippen molar-refractivity contribution >= 4 is 28.5 Å². The molecule has 2 heterocycles. The first-order chi connectivity index (χ1) is 15.0. The molecule has 3 N–H and O–H groups in total. The van der Waals surface area contributed by atoms with E-state index in [4.69, 9.17) is 11.6 Å². The summed E-state index contributed by atoms with van der Waals surface area (Å²) in [6.45, 7) is 5.77.